The fraction of sp³-hybridized carbons (Fsp3) is 0.733. The van der Waals surface area contributed by atoms with Crippen LogP contribution < -0.4 is 5.32 Å². The fourth-order valence-electron chi connectivity index (χ4n) is 4.09. The molecule has 2 aliphatic heterocycles. The Bertz CT molecular complexity index is 500. The van der Waals surface area contributed by atoms with Crippen LogP contribution in [0.2, 0.25) is 0 Å². The second kappa shape index (κ2) is 4.79. The molecule has 5 heteroatoms. The number of amides is 1. The first kappa shape index (κ1) is 12.2. The molecule has 2 fully saturated rings. The highest BCUT2D eigenvalue weighted by Crippen LogP contribution is 2.36. The van der Waals surface area contributed by atoms with Gasteiger partial charge in [-0.15, -0.1) is 0 Å². The van der Waals surface area contributed by atoms with Crippen LogP contribution in [0.25, 0.3) is 0 Å². The number of hydrogen-bond donors (Lipinski definition) is 1. The Hall–Kier alpha value is -1.52. The lowest BCUT2D eigenvalue weighted by Crippen LogP contribution is -2.39. The molecule has 1 amide bonds. The zero-order chi connectivity index (χ0) is 13.5. The van der Waals surface area contributed by atoms with Gasteiger partial charge < -0.3 is 14.8 Å². The predicted molar refractivity (Wildman–Crippen MR) is 76.7 cm³/mol. The number of imidazole rings is 1. The Morgan fingerprint density at radius 3 is 3.00 bits per heavy atom. The number of anilines is 1. The van der Waals surface area contributed by atoms with Crippen LogP contribution in [0, 0.1) is 5.92 Å². The van der Waals surface area contributed by atoms with Gasteiger partial charge in [-0.05, 0) is 31.6 Å². The molecule has 1 saturated heterocycles. The minimum Gasteiger partial charge on any atom is -0.356 e. The van der Waals surface area contributed by atoms with E-state index >= 15 is 0 Å². The lowest BCUT2D eigenvalue weighted by atomic mass is 9.85. The van der Waals surface area contributed by atoms with Gasteiger partial charge in [-0.3, -0.25) is 4.79 Å². The van der Waals surface area contributed by atoms with Crippen LogP contribution in [0.15, 0.2) is 6.20 Å². The molecule has 1 aromatic rings. The maximum atomic E-state index is 12.7. The van der Waals surface area contributed by atoms with E-state index in [-0.39, 0.29) is 5.91 Å². The van der Waals surface area contributed by atoms with Crippen LogP contribution >= 0.6 is 0 Å². The van der Waals surface area contributed by atoms with E-state index in [2.05, 4.69) is 19.8 Å². The number of rotatable bonds is 1. The summed E-state index contributed by atoms with van der Waals surface area (Å²) in [5, 5.41) is 3.27. The van der Waals surface area contributed by atoms with Crippen LogP contribution in [0.5, 0.6) is 0 Å². The maximum absolute atomic E-state index is 12.7. The number of fused-ring (bicyclic) bond motifs is 2. The Morgan fingerprint density at radius 2 is 2.10 bits per heavy atom. The Labute approximate surface area is 119 Å². The summed E-state index contributed by atoms with van der Waals surface area (Å²) >= 11 is 0. The third-order valence-electron chi connectivity index (χ3n) is 5.13. The van der Waals surface area contributed by atoms with Gasteiger partial charge >= 0.3 is 0 Å². The molecule has 0 spiro atoms. The Morgan fingerprint density at radius 1 is 1.20 bits per heavy atom. The highest BCUT2D eigenvalue weighted by molar-refractivity contribution is 5.93. The van der Waals surface area contributed by atoms with E-state index in [1.807, 2.05) is 6.20 Å². The molecule has 3 heterocycles. The van der Waals surface area contributed by atoms with Gasteiger partial charge in [-0.25, -0.2) is 4.98 Å². The molecule has 1 N–H and O–H groups in total. The largest absolute Gasteiger partial charge is 0.356 e. The van der Waals surface area contributed by atoms with Crippen molar-refractivity contribution in [2.24, 2.45) is 5.92 Å². The molecule has 0 aromatic carbocycles. The van der Waals surface area contributed by atoms with Crippen molar-refractivity contribution in [3.63, 3.8) is 0 Å². The number of carbonyl (C=O) groups excluding carboxylic acids is 1. The first-order chi connectivity index (χ1) is 9.83. The molecule has 1 aliphatic carbocycles. The number of nitrogens with zero attached hydrogens (tertiary/aromatic N) is 3. The van der Waals surface area contributed by atoms with Crippen LogP contribution in [-0.4, -0.2) is 39.5 Å². The van der Waals surface area contributed by atoms with Crippen molar-refractivity contribution in [2.75, 3.05) is 18.4 Å². The number of carbonyl (C=O) groups is 1. The molecule has 2 unspecified atom stereocenters. The SMILES string of the molecule is O=C(c1cn2c(n1)NCCC2)N1CCC2CCCCC21. The molecule has 4 rings (SSSR count). The van der Waals surface area contributed by atoms with E-state index in [9.17, 15) is 4.79 Å². The summed E-state index contributed by atoms with van der Waals surface area (Å²) in [4.78, 5) is 19.3. The number of aryl methyl sites for hydroxylation is 1. The zero-order valence-corrected chi connectivity index (χ0v) is 11.8. The van der Waals surface area contributed by atoms with E-state index in [4.69, 9.17) is 0 Å². The van der Waals surface area contributed by atoms with E-state index in [1.54, 1.807) is 0 Å². The molecule has 0 radical (unpaired) electrons. The zero-order valence-electron chi connectivity index (χ0n) is 11.8. The Kier molecular flexibility index (Phi) is 2.93. The van der Waals surface area contributed by atoms with E-state index < -0.39 is 0 Å². The highest BCUT2D eigenvalue weighted by atomic mass is 16.2. The molecule has 108 valence electrons. The number of nitrogens with one attached hydrogen (secondary N) is 1. The van der Waals surface area contributed by atoms with Gasteiger partial charge in [0.15, 0.2) is 0 Å². The normalized spacial score (nSPS) is 28.7. The van der Waals surface area contributed by atoms with Crippen LogP contribution in [-0.2, 0) is 6.54 Å². The van der Waals surface area contributed by atoms with E-state index in [1.165, 1.54) is 32.1 Å². The fourth-order valence-corrected chi connectivity index (χ4v) is 4.09. The summed E-state index contributed by atoms with van der Waals surface area (Å²) in [5.41, 5.74) is 0.626. The third kappa shape index (κ3) is 1.91. The van der Waals surface area contributed by atoms with Gasteiger partial charge in [0.1, 0.15) is 5.69 Å². The summed E-state index contributed by atoms with van der Waals surface area (Å²) < 4.78 is 2.07. The molecule has 0 bridgehead atoms. The molecule has 3 aliphatic rings. The quantitative estimate of drug-likeness (QED) is 0.853. The summed E-state index contributed by atoms with van der Waals surface area (Å²) in [6.07, 6.45) is 9.31. The Balaban J connectivity index is 1.56. The van der Waals surface area contributed by atoms with Crippen LogP contribution in [0.1, 0.15) is 49.0 Å². The molecule has 1 saturated carbocycles. The molecule has 2 atom stereocenters. The molecular formula is C15H22N4O. The first-order valence-electron chi connectivity index (χ1n) is 7.95. The molecule has 20 heavy (non-hydrogen) atoms. The average molecular weight is 274 g/mol. The summed E-state index contributed by atoms with van der Waals surface area (Å²) in [7, 11) is 0. The lowest BCUT2D eigenvalue weighted by Gasteiger charge is -2.31. The summed E-state index contributed by atoms with van der Waals surface area (Å²) in [6.45, 7) is 2.84. The summed E-state index contributed by atoms with van der Waals surface area (Å²) in [5.74, 6) is 1.74. The molecule has 1 aromatic heterocycles. The van der Waals surface area contributed by atoms with Crippen molar-refractivity contribution in [1.82, 2.24) is 14.5 Å². The topological polar surface area (TPSA) is 50.2 Å². The summed E-state index contributed by atoms with van der Waals surface area (Å²) in [6, 6.07) is 0.475. The minimum atomic E-state index is 0.142. The monoisotopic (exact) mass is 274 g/mol. The second-order valence-electron chi connectivity index (χ2n) is 6.32. The number of likely N-dealkylation sites (tertiary alicyclic amines) is 1. The first-order valence-corrected chi connectivity index (χ1v) is 7.95. The second-order valence-corrected chi connectivity index (χ2v) is 6.32. The van der Waals surface area contributed by atoms with Crippen molar-refractivity contribution >= 4 is 11.9 Å². The maximum Gasteiger partial charge on any atom is 0.274 e. The smallest absolute Gasteiger partial charge is 0.274 e. The van der Waals surface area contributed by atoms with Gasteiger partial charge in [-0.1, -0.05) is 12.8 Å². The van der Waals surface area contributed by atoms with Gasteiger partial charge in [0.25, 0.3) is 5.91 Å². The minimum absolute atomic E-state index is 0.142. The number of hydrogen-bond acceptors (Lipinski definition) is 3. The highest BCUT2D eigenvalue weighted by Gasteiger charge is 2.39. The van der Waals surface area contributed by atoms with Gasteiger partial charge in [0.2, 0.25) is 5.95 Å². The average Bonchev–Trinajstić information content (AvgIpc) is 3.10. The lowest BCUT2D eigenvalue weighted by molar-refractivity contribution is 0.0684. The van der Waals surface area contributed by atoms with Crippen LogP contribution in [0.4, 0.5) is 5.95 Å². The van der Waals surface area contributed by atoms with Crippen molar-refractivity contribution in [1.29, 1.82) is 0 Å². The van der Waals surface area contributed by atoms with Crippen molar-refractivity contribution in [2.45, 2.75) is 51.1 Å². The van der Waals surface area contributed by atoms with Crippen molar-refractivity contribution < 1.29 is 4.79 Å². The standard InChI is InChI=1S/C15H22N4O/c20-14(12-10-18-8-3-7-16-15(18)17-12)19-9-6-11-4-1-2-5-13(11)19/h10-11,13H,1-9H2,(H,16,17). The molecule has 5 nitrogen and oxygen atoms in total. The third-order valence-corrected chi connectivity index (χ3v) is 5.13. The van der Waals surface area contributed by atoms with E-state index in [0.29, 0.717) is 11.7 Å². The number of aromatic nitrogens is 2. The van der Waals surface area contributed by atoms with Gasteiger partial charge in [0.05, 0.1) is 0 Å². The van der Waals surface area contributed by atoms with Gasteiger partial charge in [0, 0.05) is 31.9 Å². The van der Waals surface area contributed by atoms with Crippen LogP contribution in [0.3, 0.4) is 0 Å². The molecular weight excluding hydrogens is 252 g/mol. The predicted octanol–water partition coefficient (Wildman–Crippen LogP) is 2.10. The van der Waals surface area contributed by atoms with Crippen molar-refractivity contribution in [3.05, 3.63) is 11.9 Å². The van der Waals surface area contributed by atoms with E-state index in [0.717, 1.165) is 37.9 Å². The van der Waals surface area contributed by atoms with Gasteiger partial charge in [-0.2, -0.15) is 0 Å². The van der Waals surface area contributed by atoms with Crippen molar-refractivity contribution in [3.8, 4) is 0 Å².